The van der Waals surface area contributed by atoms with Crippen molar-refractivity contribution in [2.45, 2.75) is 75.3 Å². The van der Waals surface area contributed by atoms with Gasteiger partial charge < -0.3 is 29.7 Å². The van der Waals surface area contributed by atoms with Crippen LogP contribution >= 0.6 is 0 Å². The van der Waals surface area contributed by atoms with Gasteiger partial charge in [-0.15, -0.1) is 0 Å². The Hall–Kier alpha value is -2.91. The molecule has 3 saturated heterocycles. The number of nitrogens with one attached hydrogen (secondary N) is 2. The number of methoxy groups -OCH3 is 1. The number of amides is 3. The maximum absolute atomic E-state index is 14.1. The van der Waals surface area contributed by atoms with Gasteiger partial charge in [-0.2, -0.15) is 0 Å². The lowest BCUT2D eigenvalue weighted by atomic mass is 9.74. The highest BCUT2D eigenvalue weighted by molar-refractivity contribution is 6.02. The predicted molar refractivity (Wildman–Crippen MR) is 139 cm³/mol. The molecule has 1 aromatic rings. The summed E-state index contributed by atoms with van der Waals surface area (Å²) >= 11 is 0. The smallest absolute Gasteiger partial charge is 0.246 e. The number of nitrogens with zero attached hydrogens (tertiary/aromatic N) is 1. The average molecular weight is 524 g/mol. The third kappa shape index (κ3) is 4.20. The molecule has 1 saturated carbocycles. The highest BCUT2D eigenvalue weighted by atomic mass is 16.5. The first-order valence-electron chi connectivity index (χ1n) is 14.0. The Morgan fingerprint density at radius 3 is 2.76 bits per heavy atom. The molecule has 0 radical (unpaired) electrons. The minimum absolute atomic E-state index is 0.0705. The molecule has 0 aromatic heterocycles. The first kappa shape index (κ1) is 25.4. The van der Waals surface area contributed by atoms with Crippen LogP contribution in [0.15, 0.2) is 36.4 Å². The molecule has 4 heterocycles. The summed E-state index contributed by atoms with van der Waals surface area (Å²) in [6.45, 7) is 3.15. The van der Waals surface area contributed by atoms with Crippen molar-refractivity contribution in [3.05, 3.63) is 36.4 Å². The SMILES string of the molecule is COc1cccc(NC(=O)C2C3C=CC4(O3)C2C(=O)N(CC2CCCO2)C4C(=O)NC2CCCCC2C)c1. The van der Waals surface area contributed by atoms with Crippen LogP contribution in [0.5, 0.6) is 5.75 Å². The Bertz CT molecular complexity index is 1130. The molecule has 1 aliphatic carbocycles. The number of rotatable bonds is 7. The topological polar surface area (TPSA) is 106 Å². The van der Waals surface area contributed by atoms with E-state index in [0.29, 0.717) is 30.5 Å². The predicted octanol–water partition coefficient (Wildman–Crippen LogP) is 2.66. The van der Waals surface area contributed by atoms with Gasteiger partial charge in [-0.05, 0) is 43.7 Å². The lowest BCUT2D eigenvalue weighted by molar-refractivity contribution is -0.143. The number of carbonyl (C=O) groups is 3. The van der Waals surface area contributed by atoms with Crippen LogP contribution in [0.4, 0.5) is 5.69 Å². The number of carbonyl (C=O) groups excluding carboxylic acids is 3. The zero-order valence-corrected chi connectivity index (χ0v) is 22.1. The molecule has 8 atom stereocenters. The average Bonchev–Trinajstić information content (AvgIpc) is 3.69. The minimum atomic E-state index is -1.17. The maximum atomic E-state index is 14.1. The van der Waals surface area contributed by atoms with Crippen molar-refractivity contribution in [3.8, 4) is 5.75 Å². The van der Waals surface area contributed by atoms with Gasteiger partial charge in [-0.25, -0.2) is 0 Å². The summed E-state index contributed by atoms with van der Waals surface area (Å²) in [5, 5.41) is 6.22. The monoisotopic (exact) mass is 523 g/mol. The van der Waals surface area contributed by atoms with E-state index in [1.807, 2.05) is 12.2 Å². The van der Waals surface area contributed by atoms with E-state index in [-0.39, 0.29) is 29.9 Å². The Morgan fingerprint density at radius 1 is 1.16 bits per heavy atom. The Kier molecular flexibility index (Phi) is 6.68. The van der Waals surface area contributed by atoms with Crippen LogP contribution in [0.25, 0.3) is 0 Å². The molecule has 8 unspecified atom stereocenters. The number of benzene rings is 1. The number of anilines is 1. The van der Waals surface area contributed by atoms with Gasteiger partial charge in [-0.3, -0.25) is 14.4 Å². The molecule has 2 N–H and O–H groups in total. The molecule has 6 rings (SSSR count). The maximum Gasteiger partial charge on any atom is 0.246 e. The Balaban J connectivity index is 1.29. The van der Waals surface area contributed by atoms with Crippen LogP contribution < -0.4 is 15.4 Å². The van der Waals surface area contributed by atoms with Crippen LogP contribution in [0.1, 0.15) is 45.4 Å². The van der Waals surface area contributed by atoms with Gasteiger partial charge in [0.15, 0.2) is 0 Å². The first-order chi connectivity index (χ1) is 18.4. The van der Waals surface area contributed by atoms with E-state index in [1.54, 1.807) is 36.3 Å². The van der Waals surface area contributed by atoms with Gasteiger partial charge in [0.2, 0.25) is 17.7 Å². The molecule has 204 valence electrons. The summed E-state index contributed by atoms with van der Waals surface area (Å²) in [5.41, 5.74) is -0.587. The zero-order valence-electron chi connectivity index (χ0n) is 22.1. The van der Waals surface area contributed by atoms with Crippen LogP contribution in [-0.4, -0.2) is 72.8 Å². The zero-order chi connectivity index (χ0) is 26.4. The summed E-state index contributed by atoms with van der Waals surface area (Å²) in [6.07, 6.45) is 9.05. The lowest BCUT2D eigenvalue weighted by Crippen LogP contribution is -2.58. The van der Waals surface area contributed by atoms with Crippen LogP contribution in [0.2, 0.25) is 0 Å². The summed E-state index contributed by atoms with van der Waals surface area (Å²) in [4.78, 5) is 43.3. The van der Waals surface area contributed by atoms with Crippen LogP contribution in [0, 0.1) is 17.8 Å². The minimum Gasteiger partial charge on any atom is -0.497 e. The molecule has 9 nitrogen and oxygen atoms in total. The van der Waals surface area contributed by atoms with E-state index in [9.17, 15) is 14.4 Å². The highest BCUT2D eigenvalue weighted by Gasteiger charge is 2.73. The third-order valence-electron chi connectivity index (χ3n) is 9.13. The summed E-state index contributed by atoms with van der Waals surface area (Å²) in [7, 11) is 1.57. The second-order valence-electron chi connectivity index (χ2n) is 11.4. The fourth-order valence-electron chi connectivity index (χ4n) is 7.19. The van der Waals surface area contributed by atoms with Crippen molar-refractivity contribution in [2.75, 3.05) is 25.6 Å². The van der Waals surface area contributed by atoms with Crippen molar-refractivity contribution in [2.24, 2.45) is 17.8 Å². The molecule has 1 aromatic carbocycles. The molecular weight excluding hydrogens is 486 g/mol. The number of hydrogen-bond acceptors (Lipinski definition) is 6. The molecule has 9 heteroatoms. The van der Waals surface area contributed by atoms with Gasteiger partial charge in [0.1, 0.15) is 17.4 Å². The van der Waals surface area contributed by atoms with Crippen molar-refractivity contribution < 1.29 is 28.6 Å². The fraction of sp³-hybridized carbons (Fsp3) is 0.621. The largest absolute Gasteiger partial charge is 0.497 e. The highest BCUT2D eigenvalue weighted by Crippen LogP contribution is 2.55. The summed E-state index contributed by atoms with van der Waals surface area (Å²) in [6, 6.07) is 6.34. The van der Waals surface area contributed by atoms with Gasteiger partial charge in [0, 0.05) is 30.9 Å². The Morgan fingerprint density at radius 2 is 2.00 bits per heavy atom. The van der Waals surface area contributed by atoms with Crippen LogP contribution in [-0.2, 0) is 23.9 Å². The van der Waals surface area contributed by atoms with E-state index >= 15 is 0 Å². The molecule has 5 aliphatic rings. The van der Waals surface area contributed by atoms with Crippen molar-refractivity contribution in [1.82, 2.24) is 10.2 Å². The second-order valence-corrected chi connectivity index (χ2v) is 11.4. The van der Waals surface area contributed by atoms with Crippen molar-refractivity contribution in [1.29, 1.82) is 0 Å². The number of hydrogen-bond donors (Lipinski definition) is 2. The summed E-state index contributed by atoms with van der Waals surface area (Å²) in [5.74, 6) is -1.22. The molecule has 3 amide bonds. The molecular formula is C29H37N3O6. The molecule has 4 aliphatic heterocycles. The number of likely N-dealkylation sites (tertiary alicyclic amines) is 1. The van der Waals surface area contributed by atoms with Gasteiger partial charge in [-0.1, -0.05) is 38.0 Å². The Labute approximate surface area is 223 Å². The molecule has 38 heavy (non-hydrogen) atoms. The van der Waals surface area contributed by atoms with Gasteiger partial charge in [0.05, 0.1) is 31.2 Å². The second kappa shape index (κ2) is 10.0. The summed E-state index contributed by atoms with van der Waals surface area (Å²) < 4.78 is 17.6. The standard InChI is InChI=1S/C29H37N3O6/c1-17-7-3-4-11-21(17)31-27(34)25-29-13-12-22(38-29)23(26(33)30-18-8-5-9-19(15-18)36-2)24(29)28(35)32(25)16-20-10-6-14-37-20/h5,8-9,12-13,15,17,20-25H,3-4,6-7,10-11,14,16H2,1-2H3,(H,30,33)(H,31,34). The van der Waals surface area contributed by atoms with Crippen LogP contribution in [0.3, 0.4) is 0 Å². The molecule has 4 fully saturated rings. The van der Waals surface area contributed by atoms with Crippen molar-refractivity contribution in [3.63, 3.8) is 0 Å². The molecule has 2 bridgehead atoms. The van der Waals surface area contributed by atoms with Gasteiger partial charge >= 0.3 is 0 Å². The fourth-order valence-corrected chi connectivity index (χ4v) is 7.19. The van der Waals surface area contributed by atoms with Crippen molar-refractivity contribution >= 4 is 23.4 Å². The lowest BCUT2D eigenvalue weighted by Gasteiger charge is -2.36. The van der Waals surface area contributed by atoms with E-state index < -0.39 is 29.6 Å². The molecule has 1 spiro atoms. The van der Waals surface area contributed by atoms with Gasteiger partial charge in [0.25, 0.3) is 0 Å². The third-order valence-corrected chi connectivity index (χ3v) is 9.13. The number of ether oxygens (including phenoxy) is 3. The van der Waals surface area contributed by atoms with E-state index in [1.165, 1.54) is 6.42 Å². The quantitative estimate of drug-likeness (QED) is 0.533. The number of fused-ring (bicyclic) bond motifs is 1. The van der Waals surface area contributed by atoms with E-state index in [4.69, 9.17) is 14.2 Å². The normalized spacial score (nSPS) is 37.4. The first-order valence-corrected chi connectivity index (χ1v) is 14.0. The van der Waals surface area contributed by atoms with E-state index in [2.05, 4.69) is 17.6 Å². The van der Waals surface area contributed by atoms with E-state index in [0.717, 1.165) is 32.1 Å².